The molecule has 2 heterocycles. The van der Waals surface area contributed by atoms with Gasteiger partial charge in [0, 0.05) is 44.1 Å². The third-order valence-corrected chi connectivity index (χ3v) is 5.07. The Bertz CT molecular complexity index is 926. The number of pyridine rings is 1. The van der Waals surface area contributed by atoms with Gasteiger partial charge in [-0.25, -0.2) is 9.67 Å². The van der Waals surface area contributed by atoms with E-state index in [9.17, 15) is 0 Å². The highest BCUT2D eigenvalue weighted by Crippen LogP contribution is 2.22. The molecule has 0 aliphatic rings. The normalized spacial score (nSPS) is 12.1. The summed E-state index contributed by atoms with van der Waals surface area (Å²) in [7, 11) is 1.79. The van der Waals surface area contributed by atoms with E-state index < -0.39 is 0 Å². The van der Waals surface area contributed by atoms with Gasteiger partial charge in [0.05, 0.1) is 0 Å². The molecule has 6 nitrogen and oxygen atoms in total. The van der Waals surface area contributed by atoms with Gasteiger partial charge in [0.15, 0.2) is 11.8 Å². The Morgan fingerprint density at radius 1 is 1.07 bits per heavy atom. The van der Waals surface area contributed by atoms with Crippen LogP contribution in [0.25, 0.3) is 5.82 Å². The van der Waals surface area contributed by atoms with Gasteiger partial charge in [0.25, 0.3) is 0 Å². The zero-order chi connectivity index (χ0) is 20.7. The summed E-state index contributed by atoms with van der Waals surface area (Å²) in [6.45, 7) is 8.11. The minimum Gasteiger partial charge on any atom is -0.356 e. The van der Waals surface area contributed by atoms with Gasteiger partial charge >= 0.3 is 0 Å². The number of aryl methyl sites for hydroxylation is 1. The largest absolute Gasteiger partial charge is 0.356 e. The van der Waals surface area contributed by atoms with Gasteiger partial charge < -0.3 is 10.6 Å². The molecule has 0 fully saturated rings. The molecule has 0 aliphatic heterocycles. The minimum absolute atomic E-state index is 0.00613. The predicted molar refractivity (Wildman–Crippen MR) is 118 cm³/mol. The Balaban J connectivity index is 1.57. The lowest BCUT2D eigenvalue weighted by atomic mass is 9.84. The second-order valence-electron chi connectivity index (χ2n) is 7.69. The number of nitrogens with zero attached hydrogens (tertiary/aromatic N) is 4. The summed E-state index contributed by atoms with van der Waals surface area (Å²) < 4.78 is 1.75. The van der Waals surface area contributed by atoms with Crippen LogP contribution in [0.3, 0.4) is 0 Å². The molecule has 2 N–H and O–H groups in total. The van der Waals surface area contributed by atoms with Crippen molar-refractivity contribution in [3.8, 4) is 5.82 Å². The van der Waals surface area contributed by atoms with Gasteiger partial charge in [0.1, 0.15) is 0 Å². The molecule has 1 aromatic carbocycles. The zero-order valence-electron chi connectivity index (χ0n) is 17.7. The molecule has 3 aromatic rings. The fourth-order valence-corrected chi connectivity index (χ4v) is 3.10. The average Bonchev–Trinajstić information content (AvgIpc) is 3.29. The lowest BCUT2D eigenvalue weighted by molar-refractivity contribution is 0.508. The van der Waals surface area contributed by atoms with E-state index >= 15 is 0 Å². The second kappa shape index (κ2) is 9.37. The summed E-state index contributed by atoms with van der Waals surface area (Å²) in [5.74, 6) is 1.58. The molecular formula is C23H30N6. The molecule has 0 unspecified atom stereocenters. The highest BCUT2D eigenvalue weighted by Gasteiger charge is 2.20. The van der Waals surface area contributed by atoms with Crippen LogP contribution in [0, 0.1) is 0 Å². The molecule has 0 amide bonds. The number of benzene rings is 1. The first kappa shape index (κ1) is 20.6. The number of guanidine groups is 1. The Hall–Kier alpha value is -3.15. The molecule has 3 rings (SSSR count). The van der Waals surface area contributed by atoms with E-state index in [4.69, 9.17) is 0 Å². The van der Waals surface area contributed by atoms with Crippen LogP contribution in [0.15, 0.2) is 66.0 Å². The molecule has 0 spiro atoms. The maximum Gasteiger partial charge on any atom is 0.191 e. The molecule has 0 bridgehead atoms. The van der Waals surface area contributed by atoms with Crippen LogP contribution in [0.5, 0.6) is 0 Å². The van der Waals surface area contributed by atoms with Crippen molar-refractivity contribution in [3.05, 3.63) is 77.7 Å². The van der Waals surface area contributed by atoms with Gasteiger partial charge in [-0.05, 0) is 41.3 Å². The van der Waals surface area contributed by atoms with Gasteiger partial charge in [-0.1, -0.05) is 45.0 Å². The Labute approximate surface area is 173 Å². The molecule has 0 saturated heterocycles. The van der Waals surface area contributed by atoms with Crippen molar-refractivity contribution < 1.29 is 0 Å². The van der Waals surface area contributed by atoms with E-state index in [1.165, 1.54) is 11.1 Å². The van der Waals surface area contributed by atoms with Crippen molar-refractivity contribution in [1.82, 2.24) is 25.4 Å². The maximum atomic E-state index is 4.37. The van der Waals surface area contributed by atoms with E-state index in [2.05, 4.69) is 70.7 Å². The van der Waals surface area contributed by atoms with Gasteiger partial charge in [-0.2, -0.15) is 5.10 Å². The number of hydrogen-bond donors (Lipinski definition) is 2. The van der Waals surface area contributed by atoms with Crippen LogP contribution in [0.4, 0.5) is 0 Å². The van der Waals surface area contributed by atoms with Crippen molar-refractivity contribution in [2.45, 2.75) is 39.2 Å². The zero-order valence-corrected chi connectivity index (χ0v) is 17.7. The molecule has 0 radical (unpaired) electrons. The molecule has 2 aromatic heterocycles. The SMILES string of the molecule is CCc1ccc(C(C)(C)CNC(=NC)NCc2ccnc(-n3cccn3)c2)cc1. The summed E-state index contributed by atoms with van der Waals surface area (Å²) in [5.41, 5.74) is 3.79. The van der Waals surface area contributed by atoms with Gasteiger partial charge in [0.2, 0.25) is 0 Å². The summed E-state index contributed by atoms with van der Waals surface area (Å²) >= 11 is 0. The fourth-order valence-electron chi connectivity index (χ4n) is 3.10. The monoisotopic (exact) mass is 390 g/mol. The van der Waals surface area contributed by atoms with Crippen molar-refractivity contribution in [2.75, 3.05) is 13.6 Å². The molecule has 0 saturated carbocycles. The summed E-state index contributed by atoms with van der Waals surface area (Å²) in [6.07, 6.45) is 6.49. The van der Waals surface area contributed by atoms with Crippen LogP contribution < -0.4 is 10.6 Å². The van der Waals surface area contributed by atoms with E-state index in [0.717, 1.165) is 30.3 Å². The van der Waals surface area contributed by atoms with Crippen LogP contribution >= 0.6 is 0 Å². The van der Waals surface area contributed by atoms with Gasteiger partial charge in [-0.15, -0.1) is 0 Å². The van der Waals surface area contributed by atoms with Crippen LogP contribution in [-0.4, -0.2) is 34.3 Å². The lowest BCUT2D eigenvalue weighted by Crippen LogP contribution is -2.43. The molecule has 0 aliphatic carbocycles. The number of hydrogen-bond acceptors (Lipinski definition) is 3. The first-order valence-corrected chi connectivity index (χ1v) is 10.0. The Kier molecular flexibility index (Phi) is 6.65. The van der Waals surface area contributed by atoms with Crippen LogP contribution in [0.2, 0.25) is 0 Å². The van der Waals surface area contributed by atoms with E-state index in [1.54, 1.807) is 24.1 Å². The van der Waals surface area contributed by atoms with Crippen molar-refractivity contribution in [3.63, 3.8) is 0 Å². The topological polar surface area (TPSA) is 67.1 Å². The standard InChI is InChI=1S/C23H30N6/c1-5-18-7-9-20(10-8-18)23(2,3)17-27-22(24-4)26-16-19-11-13-25-21(15-19)29-14-6-12-28-29/h6-15H,5,16-17H2,1-4H3,(H2,24,26,27). The van der Waals surface area contributed by atoms with Crippen molar-refractivity contribution >= 4 is 5.96 Å². The first-order chi connectivity index (χ1) is 14.0. The fraction of sp³-hybridized carbons (Fsp3) is 0.348. The second-order valence-corrected chi connectivity index (χ2v) is 7.69. The van der Waals surface area contributed by atoms with E-state index in [-0.39, 0.29) is 5.41 Å². The Morgan fingerprint density at radius 2 is 1.86 bits per heavy atom. The van der Waals surface area contributed by atoms with E-state index in [1.807, 2.05) is 24.4 Å². The first-order valence-electron chi connectivity index (χ1n) is 10.0. The van der Waals surface area contributed by atoms with Crippen LogP contribution in [0.1, 0.15) is 37.5 Å². The Morgan fingerprint density at radius 3 is 2.52 bits per heavy atom. The summed E-state index contributed by atoms with van der Waals surface area (Å²) in [5, 5.41) is 11.1. The minimum atomic E-state index is -0.00613. The summed E-state index contributed by atoms with van der Waals surface area (Å²) in [6, 6.07) is 14.8. The third-order valence-electron chi connectivity index (χ3n) is 5.07. The molecule has 0 atom stereocenters. The number of aromatic nitrogens is 3. The number of nitrogens with one attached hydrogen (secondary N) is 2. The van der Waals surface area contributed by atoms with Crippen molar-refractivity contribution in [2.24, 2.45) is 4.99 Å². The average molecular weight is 391 g/mol. The van der Waals surface area contributed by atoms with Crippen molar-refractivity contribution in [1.29, 1.82) is 0 Å². The highest BCUT2D eigenvalue weighted by molar-refractivity contribution is 5.79. The summed E-state index contributed by atoms with van der Waals surface area (Å²) in [4.78, 5) is 8.73. The highest BCUT2D eigenvalue weighted by atomic mass is 15.3. The third kappa shape index (κ3) is 5.44. The van der Waals surface area contributed by atoms with E-state index in [0.29, 0.717) is 6.54 Å². The lowest BCUT2D eigenvalue weighted by Gasteiger charge is -2.27. The molecule has 152 valence electrons. The quantitative estimate of drug-likeness (QED) is 0.479. The predicted octanol–water partition coefficient (Wildman–Crippen LogP) is 3.47. The molecule has 6 heteroatoms. The molecule has 29 heavy (non-hydrogen) atoms. The maximum absolute atomic E-state index is 4.37. The van der Waals surface area contributed by atoms with Gasteiger partial charge in [-0.3, -0.25) is 4.99 Å². The number of aliphatic imine (C=N–C) groups is 1. The molecular weight excluding hydrogens is 360 g/mol. The van der Waals surface area contributed by atoms with Crippen LogP contribution in [-0.2, 0) is 18.4 Å². The smallest absolute Gasteiger partial charge is 0.191 e. The number of rotatable bonds is 7.